The number of rotatable bonds is 5. The molecule has 1 aromatic heterocycles. The molecule has 1 heterocycles. The van der Waals surface area contributed by atoms with Crippen molar-refractivity contribution in [2.75, 3.05) is 14.1 Å². The average Bonchev–Trinajstić information content (AvgIpc) is 2.67. The van der Waals surface area contributed by atoms with E-state index in [2.05, 4.69) is 0 Å². The fraction of sp³-hybridized carbons (Fsp3) is 0.200. The molecule has 0 fully saturated rings. The predicted octanol–water partition coefficient (Wildman–Crippen LogP) is 3.50. The Bertz CT molecular complexity index is 1320. The Balaban J connectivity index is 1.93. The Kier molecular flexibility index (Phi) is 5.98. The number of carbonyl (C=O) groups is 1. The molecular formula is C20H17ClFNO6S. The molecule has 0 aliphatic rings. The smallest absolute Gasteiger partial charge is 0.341 e. The Hall–Kier alpha value is -2.75. The summed E-state index contributed by atoms with van der Waals surface area (Å²) in [6.45, 7) is 1.37. The molecule has 0 N–H and O–H groups in total. The predicted molar refractivity (Wildman–Crippen MR) is 109 cm³/mol. The van der Waals surface area contributed by atoms with Crippen molar-refractivity contribution in [2.24, 2.45) is 0 Å². The van der Waals surface area contributed by atoms with Crippen molar-refractivity contribution in [3.63, 3.8) is 0 Å². The third-order valence-electron chi connectivity index (χ3n) is 4.40. The second-order valence-electron chi connectivity index (χ2n) is 6.69. The maximum absolute atomic E-state index is 14.2. The number of ether oxygens (including phenoxy) is 1. The largest absolute Gasteiger partial charge is 0.457 e. The van der Waals surface area contributed by atoms with Crippen molar-refractivity contribution in [3.05, 3.63) is 74.3 Å². The van der Waals surface area contributed by atoms with Crippen molar-refractivity contribution < 1.29 is 26.8 Å². The van der Waals surface area contributed by atoms with Gasteiger partial charge in [-0.25, -0.2) is 26.7 Å². The molecule has 0 radical (unpaired) electrons. The SMILES string of the molecule is Cc1cc2oc(=O)cc(COC(=O)c3cc(S(=O)(=O)N(C)C)ccc3F)c2cc1Cl. The van der Waals surface area contributed by atoms with Gasteiger partial charge in [-0.15, -0.1) is 0 Å². The van der Waals surface area contributed by atoms with Gasteiger partial charge >= 0.3 is 11.6 Å². The van der Waals surface area contributed by atoms with Gasteiger partial charge < -0.3 is 9.15 Å². The van der Waals surface area contributed by atoms with E-state index in [0.29, 0.717) is 21.5 Å². The highest BCUT2D eigenvalue weighted by Crippen LogP contribution is 2.26. The maximum Gasteiger partial charge on any atom is 0.341 e. The van der Waals surface area contributed by atoms with E-state index >= 15 is 0 Å². The summed E-state index contributed by atoms with van der Waals surface area (Å²) in [6, 6.07) is 7.14. The molecule has 0 amide bonds. The first-order chi connectivity index (χ1) is 14.0. The number of hydrogen-bond donors (Lipinski definition) is 0. The highest BCUT2D eigenvalue weighted by atomic mass is 35.5. The number of esters is 1. The molecule has 158 valence electrons. The van der Waals surface area contributed by atoms with Gasteiger partial charge in [0.25, 0.3) is 0 Å². The van der Waals surface area contributed by atoms with Crippen LogP contribution in [0.3, 0.4) is 0 Å². The summed E-state index contributed by atoms with van der Waals surface area (Å²) < 4.78 is 49.9. The van der Waals surface area contributed by atoms with Gasteiger partial charge in [0.2, 0.25) is 10.0 Å². The molecule has 0 aliphatic heterocycles. The lowest BCUT2D eigenvalue weighted by atomic mass is 10.1. The van der Waals surface area contributed by atoms with Gasteiger partial charge in [0, 0.05) is 36.1 Å². The van der Waals surface area contributed by atoms with E-state index in [0.717, 1.165) is 28.6 Å². The maximum atomic E-state index is 14.2. The van der Waals surface area contributed by atoms with Crippen LogP contribution in [0.5, 0.6) is 0 Å². The summed E-state index contributed by atoms with van der Waals surface area (Å²) in [5.74, 6) is -2.02. The van der Waals surface area contributed by atoms with Gasteiger partial charge in [0.05, 0.1) is 10.5 Å². The van der Waals surface area contributed by atoms with Crippen LogP contribution in [-0.2, 0) is 21.4 Å². The minimum atomic E-state index is -3.87. The zero-order chi connectivity index (χ0) is 22.2. The summed E-state index contributed by atoms with van der Waals surface area (Å²) in [4.78, 5) is 24.0. The molecule has 3 aromatic rings. The summed E-state index contributed by atoms with van der Waals surface area (Å²) in [6.07, 6.45) is 0. The second-order valence-corrected chi connectivity index (χ2v) is 9.25. The molecule has 0 unspecified atom stereocenters. The Morgan fingerprint density at radius 2 is 1.90 bits per heavy atom. The average molecular weight is 454 g/mol. The molecule has 10 heteroatoms. The molecule has 0 saturated heterocycles. The first-order valence-electron chi connectivity index (χ1n) is 8.63. The number of carbonyl (C=O) groups excluding carboxylic acids is 1. The number of benzene rings is 2. The summed E-state index contributed by atoms with van der Waals surface area (Å²) in [5.41, 5.74) is 0.0803. The number of sulfonamides is 1. The lowest BCUT2D eigenvalue weighted by Gasteiger charge is -2.13. The standard InChI is InChI=1S/C20H17ClFNO6S/c1-11-6-18-14(9-16(11)21)12(7-19(24)29-18)10-28-20(25)15-8-13(4-5-17(15)22)30(26,27)23(2)3/h4-9H,10H2,1-3H3. The van der Waals surface area contributed by atoms with Gasteiger partial charge in [0.15, 0.2) is 0 Å². The molecular weight excluding hydrogens is 437 g/mol. The molecule has 30 heavy (non-hydrogen) atoms. The van der Waals surface area contributed by atoms with E-state index in [1.807, 2.05) is 0 Å². The second kappa shape index (κ2) is 8.17. The third-order valence-corrected chi connectivity index (χ3v) is 6.62. The molecule has 0 saturated carbocycles. The van der Waals surface area contributed by atoms with Crippen LogP contribution < -0.4 is 5.63 Å². The van der Waals surface area contributed by atoms with Crippen LogP contribution in [-0.4, -0.2) is 32.8 Å². The number of nitrogens with zero attached hydrogens (tertiary/aromatic N) is 1. The highest BCUT2D eigenvalue weighted by molar-refractivity contribution is 7.89. The van der Waals surface area contributed by atoms with E-state index in [-0.39, 0.29) is 17.1 Å². The fourth-order valence-corrected chi connectivity index (χ4v) is 3.81. The number of hydrogen-bond acceptors (Lipinski definition) is 6. The quantitative estimate of drug-likeness (QED) is 0.433. The Morgan fingerprint density at radius 3 is 2.57 bits per heavy atom. The number of halogens is 2. The van der Waals surface area contributed by atoms with Crippen LogP contribution in [0.2, 0.25) is 5.02 Å². The van der Waals surface area contributed by atoms with Crippen molar-refractivity contribution in [3.8, 4) is 0 Å². The lowest BCUT2D eigenvalue weighted by Crippen LogP contribution is -2.22. The molecule has 0 bridgehead atoms. The fourth-order valence-electron chi connectivity index (χ4n) is 2.72. The normalized spacial score (nSPS) is 11.8. The lowest BCUT2D eigenvalue weighted by molar-refractivity contribution is 0.0468. The van der Waals surface area contributed by atoms with E-state index in [1.165, 1.54) is 14.1 Å². The zero-order valence-corrected chi connectivity index (χ0v) is 17.8. The molecule has 7 nitrogen and oxygen atoms in total. The van der Waals surface area contributed by atoms with Gasteiger partial charge in [-0.3, -0.25) is 0 Å². The van der Waals surface area contributed by atoms with Crippen LogP contribution in [0.25, 0.3) is 11.0 Å². The molecule has 3 rings (SSSR count). The minimum Gasteiger partial charge on any atom is -0.457 e. The summed E-state index contributed by atoms with van der Waals surface area (Å²) in [5, 5.41) is 0.888. The Labute approximate surface area is 176 Å². The van der Waals surface area contributed by atoms with Crippen LogP contribution in [0.4, 0.5) is 4.39 Å². The van der Waals surface area contributed by atoms with E-state index < -0.39 is 33.0 Å². The van der Waals surface area contributed by atoms with Gasteiger partial charge in [-0.05, 0) is 42.8 Å². The van der Waals surface area contributed by atoms with Crippen LogP contribution in [0.1, 0.15) is 21.5 Å². The minimum absolute atomic E-state index is 0.256. The van der Waals surface area contributed by atoms with E-state index in [1.54, 1.807) is 19.1 Å². The van der Waals surface area contributed by atoms with E-state index in [4.69, 9.17) is 20.8 Å². The monoisotopic (exact) mass is 453 g/mol. The number of aryl methyl sites for hydroxylation is 1. The third kappa shape index (κ3) is 4.23. The molecule has 0 atom stereocenters. The zero-order valence-electron chi connectivity index (χ0n) is 16.2. The first kappa shape index (κ1) is 21.9. The van der Waals surface area contributed by atoms with Crippen molar-refractivity contribution in [1.82, 2.24) is 4.31 Å². The molecule has 0 spiro atoms. The summed E-state index contributed by atoms with van der Waals surface area (Å²) in [7, 11) is -1.24. The topological polar surface area (TPSA) is 93.9 Å². The van der Waals surface area contributed by atoms with Crippen molar-refractivity contribution >= 4 is 38.6 Å². The van der Waals surface area contributed by atoms with Crippen LogP contribution in [0.15, 0.2) is 50.5 Å². The highest BCUT2D eigenvalue weighted by Gasteiger charge is 2.22. The van der Waals surface area contributed by atoms with Gasteiger partial charge in [0.1, 0.15) is 18.0 Å². The van der Waals surface area contributed by atoms with Gasteiger partial charge in [-0.2, -0.15) is 0 Å². The molecule has 0 aliphatic carbocycles. The Morgan fingerprint density at radius 1 is 1.20 bits per heavy atom. The van der Waals surface area contributed by atoms with Crippen molar-refractivity contribution in [1.29, 1.82) is 0 Å². The van der Waals surface area contributed by atoms with Crippen LogP contribution >= 0.6 is 11.6 Å². The van der Waals surface area contributed by atoms with E-state index in [9.17, 15) is 22.4 Å². The summed E-state index contributed by atoms with van der Waals surface area (Å²) >= 11 is 6.13. The first-order valence-corrected chi connectivity index (χ1v) is 10.4. The van der Waals surface area contributed by atoms with Crippen LogP contribution in [0, 0.1) is 12.7 Å². The van der Waals surface area contributed by atoms with Crippen molar-refractivity contribution in [2.45, 2.75) is 18.4 Å². The number of fused-ring (bicyclic) bond motifs is 1. The van der Waals surface area contributed by atoms with Gasteiger partial charge in [-0.1, -0.05) is 11.6 Å². The molecule has 2 aromatic carbocycles.